The van der Waals surface area contributed by atoms with Crippen molar-refractivity contribution in [3.8, 4) is 11.1 Å². The summed E-state index contributed by atoms with van der Waals surface area (Å²) < 4.78 is 5.99. The maximum Gasteiger partial charge on any atom is 0.407 e. The van der Waals surface area contributed by atoms with Crippen molar-refractivity contribution in [2.24, 2.45) is 0 Å². The SMILES string of the molecule is CN(CCCCCC(=O)O)C(=O)[C@H](CC(=O)NC(c1ccccc1)(c1ccccc1)c1ccccc1)NC(=O)[C@H](CC(=O)NC(c1ccccc1)(c1ccccc1)c1ccccc1)NC(=O)OCC1c2ccccc2-c2ccccc21. The van der Waals surface area contributed by atoms with Crippen LogP contribution < -0.4 is 21.3 Å². The van der Waals surface area contributed by atoms with Crippen molar-refractivity contribution < 1.29 is 38.6 Å². The molecule has 0 saturated heterocycles. The number of amides is 5. The van der Waals surface area contributed by atoms with Crippen molar-refractivity contribution in [3.63, 3.8) is 0 Å². The van der Waals surface area contributed by atoms with Gasteiger partial charge in [-0.15, -0.1) is 0 Å². The van der Waals surface area contributed by atoms with Crippen LogP contribution in [-0.2, 0) is 39.8 Å². The van der Waals surface area contributed by atoms with Gasteiger partial charge in [-0.1, -0.05) is 237 Å². The molecule has 9 rings (SSSR count). The van der Waals surface area contributed by atoms with Gasteiger partial charge in [-0.2, -0.15) is 0 Å². The maximum atomic E-state index is 15.3. The average molecular weight is 1080 g/mol. The van der Waals surface area contributed by atoms with Crippen LogP contribution in [0.3, 0.4) is 0 Å². The smallest absolute Gasteiger partial charge is 0.407 e. The molecule has 0 aliphatic heterocycles. The molecule has 410 valence electrons. The molecule has 8 aromatic carbocycles. The highest BCUT2D eigenvalue weighted by molar-refractivity contribution is 5.96. The summed E-state index contributed by atoms with van der Waals surface area (Å²) in [5.74, 6) is -4.03. The standard InChI is InChI=1S/C68H65N5O8/c1-73(44-26-8-21-43-63(76)77)65(79)60(46-62(75)72-68(51-33-15-5-16-34-51,52-35-17-6-18-36-52)53-37-19-7-20-38-53)69-64(78)59(70-66(80)81-47-58-56-41-24-22-39-54(56)55-40-23-25-42-57(55)58)45-61(74)71-67(48-27-9-2-10-28-48,49-29-11-3-12-30-49)50-31-13-4-14-32-50/h2-7,9-20,22-25,27-42,58-60H,8,21,26,43-47H2,1H3,(H,69,78)(H,70,80)(H,71,74)(H,72,75)(H,76,77)/t59-,60-/m0/s1. The normalized spacial score (nSPS) is 12.6. The molecule has 1 aliphatic carbocycles. The number of benzene rings is 8. The number of ether oxygens (including phenoxy) is 1. The Bertz CT molecular complexity index is 3180. The van der Waals surface area contributed by atoms with Gasteiger partial charge in [0.15, 0.2) is 0 Å². The molecule has 13 heteroatoms. The first-order chi connectivity index (χ1) is 39.5. The summed E-state index contributed by atoms with van der Waals surface area (Å²) in [6, 6.07) is 69.3. The van der Waals surface area contributed by atoms with Crippen LogP contribution in [0.1, 0.15) is 89.0 Å². The van der Waals surface area contributed by atoms with Crippen molar-refractivity contribution in [3.05, 3.63) is 275 Å². The largest absolute Gasteiger partial charge is 0.481 e. The lowest BCUT2D eigenvalue weighted by Gasteiger charge is -2.37. The number of alkyl carbamates (subject to hydrolysis) is 1. The van der Waals surface area contributed by atoms with Crippen molar-refractivity contribution in [2.75, 3.05) is 20.2 Å². The van der Waals surface area contributed by atoms with Crippen LogP contribution in [0.15, 0.2) is 231 Å². The highest BCUT2D eigenvalue weighted by Gasteiger charge is 2.42. The van der Waals surface area contributed by atoms with Crippen molar-refractivity contribution >= 4 is 35.7 Å². The highest BCUT2D eigenvalue weighted by Crippen LogP contribution is 2.45. The molecule has 5 amide bonds. The molecular formula is C68H65N5O8. The topological polar surface area (TPSA) is 183 Å². The summed E-state index contributed by atoms with van der Waals surface area (Å²) in [5.41, 5.74) is 5.79. The number of fused-ring (bicyclic) bond motifs is 3. The van der Waals surface area contributed by atoms with E-state index in [-0.39, 0.29) is 25.5 Å². The number of hydrogen-bond donors (Lipinski definition) is 5. The molecule has 0 saturated carbocycles. The van der Waals surface area contributed by atoms with Gasteiger partial charge in [0.1, 0.15) is 29.8 Å². The van der Waals surface area contributed by atoms with E-state index in [1.54, 1.807) is 7.05 Å². The van der Waals surface area contributed by atoms with Gasteiger partial charge in [-0.3, -0.25) is 24.0 Å². The lowest BCUT2D eigenvalue weighted by Crippen LogP contribution is -2.57. The van der Waals surface area contributed by atoms with E-state index in [2.05, 4.69) is 21.3 Å². The van der Waals surface area contributed by atoms with Gasteiger partial charge < -0.3 is 36.0 Å². The number of carbonyl (C=O) groups excluding carboxylic acids is 5. The molecule has 0 fully saturated rings. The minimum atomic E-state index is -1.66. The van der Waals surface area contributed by atoms with E-state index in [1.165, 1.54) is 4.90 Å². The second-order valence-electron chi connectivity index (χ2n) is 20.2. The van der Waals surface area contributed by atoms with E-state index < -0.39 is 71.7 Å². The summed E-state index contributed by atoms with van der Waals surface area (Å²) in [7, 11) is 1.55. The van der Waals surface area contributed by atoms with Crippen molar-refractivity contribution in [1.29, 1.82) is 0 Å². The molecule has 1 aliphatic rings. The molecule has 0 heterocycles. The molecule has 2 atom stereocenters. The van der Waals surface area contributed by atoms with E-state index in [9.17, 15) is 19.5 Å². The van der Waals surface area contributed by atoms with Crippen LogP contribution in [0, 0.1) is 0 Å². The molecule has 81 heavy (non-hydrogen) atoms. The molecule has 0 radical (unpaired) electrons. The quantitative estimate of drug-likeness (QED) is 0.0293. The molecule has 8 aromatic rings. The van der Waals surface area contributed by atoms with Gasteiger partial charge in [-0.25, -0.2) is 4.79 Å². The first-order valence-corrected chi connectivity index (χ1v) is 27.3. The zero-order valence-electron chi connectivity index (χ0n) is 45.1. The lowest BCUT2D eigenvalue weighted by atomic mass is 9.77. The summed E-state index contributed by atoms with van der Waals surface area (Å²) >= 11 is 0. The summed E-state index contributed by atoms with van der Waals surface area (Å²) in [5, 5.41) is 21.4. The number of unbranched alkanes of at least 4 members (excludes halogenated alkanes) is 2. The Morgan fingerprint density at radius 1 is 0.469 bits per heavy atom. The van der Waals surface area contributed by atoms with Gasteiger partial charge in [0.25, 0.3) is 0 Å². The van der Waals surface area contributed by atoms with Gasteiger partial charge in [0.2, 0.25) is 23.6 Å². The second-order valence-corrected chi connectivity index (χ2v) is 20.2. The molecule has 5 N–H and O–H groups in total. The fourth-order valence-electron chi connectivity index (χ4n) is 11.1. The van der Waals surface area contributed by atoms with E-state index in [0.29, 0.717) is 19.3 Å². The van der Waals surface area contributed by atoms with E-state index in [1.807, 2.05) is 231 Å². The third kappa shape index (κ3) is 13.0. The molecular weight excluding hydrogens is 1010 g/mol. The fourth-order valence-corrected chi connectivity index (χ4v) is 11.1. The zero-order valence-corrected chi connectivity index (χ0v) is 45.1. The van der Waals surface area contributed by atoms with Gasteiger partial charge in [-0.05, 0) is 68.5 Å². The number of likely N-dealkylation sites (N-methyl/N-ethyl adjacent to an activating group) is 1. The fraction of sp³-hybridized carbons (Fsp3) is 0.206. The predicted molar refractivity (Wildman–Crippen MR) is 312 cm³/mol. The summed E-state index contributed by atoms with van der Waals surface area (Å²) in [6.45, 7) is 0.0862. The minimum absolute atomic E-state index is 0.0304. The summed E-state index contributed by atoms with van der Waals surface area (Å²) in [4.78, 5) is 87.4. The Kier molecular flexibility index (Phi) is 18.3. The molecule has 0 spiro atoms. The van der Waals surface area contributed by atoms with E-state index >= 15 is 14.4 Å². The number of nitrogens with one attached hydrogen (secondary N) is 4. The van der Waals surface area contributed by atoms with Crippen LogP contribution in [-0.4, -0.2) is 78.0 Å². The van der Waals surface area contributed by atoms with Crippen LogP contribution in [0.25, 0.3) is 11.1 Å². The monoisotopic (exact) mass is 1080 g/mol. The minimum Gasteiger partial charge on any atom is -0.481 e. The lowest BCUT2D eigenvalue weighted by molar-refractivity contribution is -0.138. The summed E-state index contributed by atoms with van der Waals surface area (Å²) in [6.07, 6.45) is -0.862. The van der Waals surface area contributed by atoms with E-state index in [0.717, 1.165) is 55.6 Å². The highest BCUT2D eigenvalue weighted by atomic mass is 16.5. The van der Waals surface area contributed by atoms with Gasteiger partial charge in [0, 0.05) is 25.9 Å². The second kappa shape index (κ2) is 26.4. The Morgan fingerprint density at radius 2 is 0.827 bits per heavy atom. The van der Waals surface area contributed by atoms with Gasteiger partial charge >= 0.3 is 12.1 Å². The number of hydrogen-bond acceptors (Lipinski definition) is 7. The Hall–Kier alpha value is -9.62. The van der Waals surface area contributed by atoms with Crippen LogP contribution in [0.4, 0.5) is 4.79 Å². The van der Waals surface area contributed by atoms with Gasteiger partial charge in [0.05, 0.1) is 12.8 Å². The first kappa shape index (κ1) is 56.1. The Labute approximate surface area is 472 Å². The van der Waals surface area contributed by atoms with Crippen LogP contribution >= 0.6 is 0 Å². The average Bonchev–Trinajstić information content (AvgIpc) is 4.00. The van der Waals surface area contributed by atoms with Crippen LogP contribution in [0.2, 0.25) is 0 Å². The van der Waals surface area contributed by atoms with E-state index in [4.69, 9.17) is 4.74 Å². The predicted octanol–water partition coefficient (Wildman–Crippen LogP) is 10.5. The number of rotatable bonds is 24. The van der Waals surface area contributed by atoms with Crippen LogP contribution in [0.5, 0.6) is 0 Å². The number of nitrogens with zero attached hydrogens (tertiary/aromatic N) is 1. The number of carboxylic acids is 1. The molecule has 0 aromatic heterocycles. The number of carbonyl (C=O) groups is 6. The first-order valence-electron chi connectivity index (χ1n) is 27.3. The van der Waals surface area contributed by atoms with Crippen molar-refractivity contribution in [1.82, 2.24) is 26.2 Å². The van der Waals surface area contributed by atoms with Crippen molar-refractivity contribution in [2.45, 2.75) is 67.6 Å². The Balaban J connectivity index is 1.06. The zero-order chi connectivity index (χ0) is 56.6. The molecule has 13 nitrogen and oxygen atoms in total. The Morgan fingerprint density at radius 3 is 1.21 bits per heavy atom. The third-order valence-corrected chi connectivity index (χ3v) is 15.0. The number of aliphatic carboxylic acids is 1. The molecule has 0 unspecified atom stereocenters. The molecule has 0 bridgehead atoms. The maximum absolute atomic E-state index is 15.3. The number of carboxylic acid groups (broad SMARTS) is 1. The third-order valence-electron chi connectivity index (χ3n) is 15.0.